The van der Waals surface area contributed by atoms with Crippen molar-refractivity contribution in [2.75, 3.05) is 12.0 Å². The predicted octanol–water partition coefficient (Wildman–Crippen LogP) is 1.22. The van der Waals surface area contributed by atoms with E-state index in [2.05, 4.69) is 20.7 Å². The van der Waals surface area contributed by atoms with Gasteiger partial charge in [0.05, 0.1) is 13.0 Å². The van der Waals surface area contributed by atoms with E-state index in [1.165, 1.54) is 0 Å². The second kappa shape index (κ2) is 6.49. The van der Waals surface area contributed by atoms with E-state index in [4.69, 9.17) is 4.74 Å². The van der Waals surface area contributed by atoms with Crippen LogP contribution in [0.1, 0.15) is 20.3 Å². The molecule has 0 amide bonds. The zero-order chi connectivity index (χ0) is 11.8. The van der Waals surface area contributed by atoms with Gasteiger partial charge in [0.2, 0.25) is 0 Å². The monoisotopic (exact) mass is 222 g/mol. The molecule has 0 radical (unpaired) electrons. The van der Waals surface area contributed by atoms with Gasteiger partial charge in [0.1, 0.15) is 0 Å². The number of nitrogens with zero attached hydrogens (tertiary/aromatic N) is 3. The van der Waals surface area contributed by atoms with Crippen LogP contribution in [0.4, 0.5) is 5.82 Å². The molecule has 0 unspecified atom stereocenters. The summed E-state index contributed by atoms with van der Waals surface area (Å²) in [7, 11) is 0. The molecule has 0 saturated heterocycles. The van der Waals surface area contributed by atoms with Crippen molar-refractivity contribution in [3.8, 4) is 0 Å². The number of carbonyl (C=O) groups is 1. The third kappa shape index (κ3) is 4.50. The molecule has 1 aromatic heterocycles. The van der Waals surface area contributed by atoms with Gasteiger partial charge in [-0.25, -0.2) is 0 Å². The summed E-state index contributed by atoms with van der Waals surface area (Å²) in [5.41, 5.74) is 3.33. The Balaban J connectivity index is 2.42. The zero-order valence-electron chi connectivity index (χ0n) is 9.30. The van der Waals surface area contributed by atoms with Crippen LogP contribution >= 0.6 is 0 Å². The van der Waals surface area contributed by atoms with Crippen LogP contribution in [0.5, 0.6) is 0 Å². The van der Waals surface area contributed by atoms with E-state index in [1.807, 2.05) is 0 Å². The SMILES string of the molecule is CCOC(=O)C/C(C)=N/Nc1cccnn1. The molecule has 0 saturated carbocycles. The predicted molar refractivity (Wildman–Crippen MR) is 60.0 cm³/mol. The molecule has 1 heterocycles. The van der Waals surface area contributed by atoms with Gasteiger partial charge < -0.3 is 4.74 Å². The number of anilines is 1. The maximum Gasteiger partial charge on any atom is 0.311 e. The van der Waals surface area contributed by atoms with E-state index in [0.717, 1.165) is 0 Å². The molecular formula is C10H14N4O2. The van der Waals surface area contributed by atoms with Gasteiger partial charge in [-0.15, -0.1) is 5.10 Å². The summed E-state index contributed by atoms with van der Waals surface area (Å²) in [5.74, 6) is 0.246. The number of hydrogen-bond acceptors (Lipinski definition) is 6. The highest BCUT2D eigenvalue weighted by Crippen LogP contribution is 1.98. The van der Waals surface area contributed by atoms with Gasteiger partial charge >= 0.3 is 5.97 Å². The first-order valence-electron chi connectivity index (χ1n) is 4.95. The lowest BCUT2D eigenvalue weighted by atomic mass is 10.3. The number of carbonyl (C=O) groups excluding carboxylic acids is 1. The van der Waals surface area contributed by atoms with Gasteiger partial charge in [0.25, 0.3) is 0 Å². The largest absolute Gasteiger partial charge is 0.466 e. The van der Waals surface area contributed by atoms with E-state index in [1.54, 1.807) is 32.2 Å². The molecule has 1 N–H and O–H groups in total. The van der Waals surface area contributed by atoms with Gasteiger partial charge in [0.15, 0.2) is 5.82 Å². The summed E-state index contributed by atoms with van der Waals surface area (Å²) in [6, 6.07) is 3.47. The van der Waals surface area contributed by atoms with Gasteiger partial charge in [-0.3, -0.25) is 10.2 Å². The van der Waals surface area contributed by atoms with Gasteiger partial charge in [0, 0.05) is 11.9 Å². The fourth-order valence-corrected chi connectivity index (χ4v) is 0.974. The fourth-order valence-electron chi connectivity index (χ4n) is 0.974. The first-order chi connectivity index (χ1) is 7.72. The first kappa shape index (κ1) is 12.1. The van der Waals surface area contributed by atoms with Crippen LogP contribution in [0.2, 0.25) is 0 Å². The molecule has 6 heteroatoms. The Morgan fingerprint density at radius 2 is 2.44 bits per heavy atom. The van der Waals surface area contributed by atoms with Crippen molar-refractivity contribution < 1.29 is 9.53 Å². The summed E-state index contributed by atoms with van der Waals surface area (Å²) in [6.07, 6.45) is 1.74. The van der Waals surface area contributed by atoms with Crippen LogP contribution < -0.4 is 5.43 Å². The minimum absolute atomic E-state index is 0.168. The topological polar surface area (TPSA) is 76.5 Å². The number of hydrazone groups is 1. The van der Waals surface area contributed by atoms with Crippen LogP contribution in [0.3, 0.4) is 0 Å². The van der Waals surface area contributed by atoms with Crippen LogP contribution in [-0.2, 0) is 9.53 Å². The molecule has 0 spiro atoms. The molecule has 86 valence electrons. The number of aromatic nitrogens is 2. The quantitative estimate of drug-likeness (QED) is 0.460. The minimum Gasteiger partial charge on any atom is -0.466 e. The van der Waals surface area contributed by atoms with Crippen molar-refractivity contribution in [3.05, 3.63) is 18.3 Å². The lowest BCUT2D eigenvalue weighted by Gasteiger charge is -2.02. The van der Waals surface area contributed by atoms with Crippen LogP contribution in [0.25, 0.3) is 0 Å². The third-order valence-electron chi connectivity index (χ3n) is 1.64. The second-order valence-corrected chi connectivity index (χ2v) is 3.05. The van der Waals surface area contributed by atoms with Gasteiger partial charge in [-0.05, 0) is 26.0 Å². The van der Waals surface area contributed by atoms with Gasteiger partial charge in [-0.1, -0.05) is 0 Å². The third-order valence-corrected chi connectivity index (χ3v) is 1.64. The van der Waals surface area contributed by atoms with E-state index >= 15 is 0 Å². The van der Waals surface area contributed by atoms with Crippen LogP contribution in [0, 0.1) is 0 Å². The standard InChI is InChI=1S/C10H14N4O2/c1-3-16-10(15)7-8(2)12-14-9-5-4-6-11-13-9/h4-6H,3,7H2,1-2H3,(H,13,14)/b12-8+. The maximum atomic E-state index is 11.1. The first-order valence-corrected chi connectivity index (χ1v) is 4.95. The number of rotatable bonds is 5. The van der Waals surface area contributed by atoms with E-state index < -0.39 is 0 Å². The molecule has 16 heavy (non-hydrogen) atoms. The molecular weight excluding hydrogens is 208 g/mol. The molecule has 0 aliphatic rings. The van der Waals surface area contributed by atoms with Crippen molar-refractivity contribution in [3.63, 3.8) is 0 Å². The highest BCUT2D eigenvalue weighted by Gasteiger charge is 2.03. The summed E-state index contributed by atoms with van der Waals surface area (Å²) < 4.78 is 4.79. The van der Waals surface area contributed by atoms with Crippen molar-refractivity contribution in [2.45, 2.75) is 20.3 Å². The number of ether oxygens (including phenoxy) is 1. The average Bonchev–Trinajstić information content (AvgIpc) is 2.28. The molecule has 0 fully saturated rings. The summed E-state index contributed by atoms with van der Waals surface area (Å²) in [4.78, 5) is 11.1. The molecule has 0 aliphatic carbocycles. The van der Waals surface area contributed by atoms with Crippen molar-refractivity contribution in [2.24, 2.45) is 5.10 Å². The molecule has 6 nitrogen and oxygen atoms in total. The lowest BCUT2D eigenvalue weighted by Crippen LogP contribution is -2.10. The molecule has 0 aromatic carbocycles. The summed E-state index contributed by atoms with van der Waals surface area (Å²) in [6.45, 7) is 3.88. The Morgan fingerprint density at radius 3 is 3.06 bits per heavy atom. The minimum atomic E-state index is -0.287. The second-order valence-electron chi connectivity index (χ2n) is 3.05. The van der Waals surface area contributed by atoms with Crippen molar-refractivity contribution in [1.82, 2.24) is 10.2 Å². The van der Waals surface area contributed by atoms with E-state index in [-0.39, 0.29) is 12.4 Å². The highest BCUT2D eigenvalue weighted by atomic mass is 16.5. The Kier molecular flexibility index (Phi) is 4.91. The molecule has 1 rings (SSSR count). The molecule has 0 bridgehead atoms. The van der Waals surface area contributed by atoms with Crippen molar-refractivity contribution >= 4 is 17.5 Å². The summed E-state index contributed by atoms with van der Waals surface area (Å²) in [5, 5.41) is 11.4. The highest BCUT2D eigenvalue weighted by molar-refractivity contribution is 5.97. The summed E-state index contributed by atoms with van der Waals surface area (Å²) >= 11 is 0. The molecule has 0 aliphatic heterocycles. The average molecular weight is 222 g/mol. The number of nitrogens with one attached hydrogen (secondary N) is 1. The molecule has 0 atom stereocenters. The lowest BCUT2D eigenvalue weighted by molar-refractivity contribution is -0.141. The Hall–Kier alpha value is -1.98. The Labute approximate surface area is 93.7 Å². The number of esters is 1. The molecule has 1 aromatic rings. The zero-order valence-corrected chi connectivity index (χ0v) is 9.30. The van der Waals surface area contributed by atoms with Crippen LogP contribution in [-0.4, -0.2) is 28.5 Å². The van der Waals surface area contributed by atoms with Crippen molar-refractivity contribution in [1.29, 1.82) is 0 Å². The maximum absolute atomic E-state index is 11.1. The van der Waals surface area contributed by atoms with Crippen LogP contribution in [0.15, 0.2) is 23.4 Å². The normalized spacial score (nSPS) is 11.0. The van der Waals surface area contributed by atoms with Gasteiger partial charge in [-0.2, -0.15) is 10.2 Å². The van der Waals surface area contributed by atoms with E-state index in [9.17, 15) is 4.79 Å². The van der Waals surface area contributed by atoms with E-state index in [0.29, 0.717) is 18.1 Å². The Morgan fingerprint density at radius 1 is 1.62 bits per heavy atom. The fraction of sp³-hybridized carbons (Fsp3) is 0.400. The Bertz CT molecular complexity index is 364. The smallest absolute Gasteiger partial charge is 0.311 e. The number of hydrogen-bond donors (Lipinski definition) is 1.